The molecule has 0 aliphatic rings. The summed E-state index contributed by atoms with van der Waals surface area (Å²) in [7, 11) is -4.67. The number of hydrogen-bond acceptors (Lipinski definition) is 4. The maximum absolute atomic E-state index is 14.2. The van der Waals surface area contributed by atoms with Gasteiger partial charge in [-0.25, -0.2) is 4.39 Å². The molecule has 0 saturated carbocycles. The molecule has 6 nitrogen and oxygen atoms in total. The van der Waals surface area contributed by atoms with Gasteiger partial charge in [0.25, 0.3) is 15.9 Å². The first-order chi connectivity index (χ1) is 17.1. The Bertz CT molecular complexity index is 1650. The zero-order valence-electron chi connectivity index (χ0n) is 17.8. The van der Waals surface area contributed by atoms with Crippen molar-refractivity contribution in [2.45, 2.75) is 17.2 Å². The van der Waals surface area contributed by atoms with Crippen LogP contribution in [0.15, 0.2) is 65.7 Å². The van der Waals surface area contributed by atoms with E-state index < -0.39 is 55.7 Å². The van der Waals surface area contributed by atoms with Gasteiger partial charge in [-0.3, -0.25) is 4.79 Å². The average molecular weight is 657 g/mol. The van der Waals surface area contributed by atoms with Crippen LogP contribution in [-0.2, 0) is 22.4 Å². The van der Waals surface area contributed by atoms with Crippen LogP contribution in [0.5, 0.6) is 0 Å². The van der Waals surface area contributed by atoms with E-state index in [0.29, 0.717) is 22.3 Å². The van der Waals surface area contributed by atoms with Gasteiger partial charge in [0.2, 0.25) is 0 Å². The van der Waals surface area contributed by atoms with Gasteiger partial charge in [0.15, 0.2) is 0 Å². The molecule has 0 bridgehead atoms. The molecule has 0 saturated heterocycles. The predicted octanol–water partition coefficient (Wildman–Crippen LogP) is 6.31. The van der Waals surface area contributed by atoms with E-state index in [4.69, 9.17) is 0 Å². The molecule has 0 fully saturated rings. The summed E-state index contributed by atoms with van der Waals surface area (Å²) in [4.78, 5) is 11.8. The smallest absolute Gasteiger partial charge is 0.322 e. The van der Waals surface area contributed by atoms with Crippen molar-refractivity contribution in [3.8, 4) is 0 Å². The average Bonchev–Trinajstić information content (AvgIpc) is 3.21. The molecule has 15 heteroatoms. The molecular weight excluding hydrogens is 646 g/mol. The lowest BCUT2D eigenvalue weighted by Crippen LogP contribution is -2.20. The number of nitrogens with zero attached hydrogens (tertiary/aromatic N) is 2. The third-order valence-electron chi connectivity index (χ3n) is 5.11. The fourth-order valence-corrected chi connectivity index (χ4v) is 5.37. The second kappa shape index (κ2) is 9.27. The Morgan fingerprint density at radius 1 is 0.919 bits per heavy atom. The van der Waals surface area contributed by atoms with Gasteiger partial charge in [-0.2, -0.15) is 43.9 Å². The minimum atomic E-state index is -5.03. The van der Waals surface area contributed by atoms with E-state index in [1.54, 1.807) is 0 Å². The van der Waals surface area contributed by atoms with E-state index in [0.717, 1.165) is 30.5 Å². The zero-order valence-corrected chi connectivity index (χ0v) is 20.8. The molecule has 1 N–H and O–H groups in total. The number of rotatable bonds is 4. The van der Waals surface area contributed by atoms with Gasteiger partial charge >= 0.3 is 12.4 Å². The molecule has 37 heavy (non-hydrogen) atoms. The van der Waals surface area contributed by atoms with E-state index in [1.807, 2.05) is 0 Å². The van der Waals surface area contributed by atoms with Crippen LogP contribution in [0, 0.1) is 9.39 Å². The van der Waals surface area contributed by atoms with E-state index in [-0.39, 0.29) is 20.2 Å². The summed E-state index contributed by atoms with van der Waals surface area (Å²) in [6.45, 7) is 0. The number of carbonyl (C=O) groups excluding carboxylic acids is 1. The molecule has 1 aromatic heterocycles. The normalized spacial score (nSPS) is 12.6. The number of aromatic nitrogens is 2. The Morgan fingerprint density at radius 3 is 2.24 bits per heavy atom. The minimum Gasteiger partial charge on any atom is -0.322 e. The highest BCUT2D eigenvalue weighted by Crippen LogP contribution is 2.36. The highest BCUT2D eigenvalue weighted by Gasteiger charge is 2.37. The lowest BCUT2D eigenvalue weighted by atomic mass is 10.1. The summed E-state index contributed by atoms with van der Waals surface area (Å²) in [6, 6.07) is 7.88. The number of fused-ring (bicyclic) bond motifs is 1. The first-order valence-corrected chi connectivity index (χ1v) is 12.4. The molecule has 3 aromatic carbocycles. The van der Waals surface area contributed by atoms with Crippen molar-refractivity contribution in [1.82, 2.24) is 9.19 Å². The standard InChI is InChI=1S/C22H11F7IN3O3S/c23-16-3-1-2-14(21(24,25)26)19(16)20(34)32-12-5-4-11-10-31-33(18(11)8-12)37(35,36)13-6-7-17(30)15(9-13)22(27,28)29/h1-10H,(H,32,34). The molecular formula is C22H11F7IN3O3S. The minimum absolute atomic E-state index is 0.185. The molecule has 1 amide bonds. The van der Waals surface area contributed by atoms with Crippen molar-refractivity contribution in [2.75, 3.05) is 5.32 Å². The molecule has 4 rings (SSSR count). The summed E-state index contributed by atoms with van der Waals surface area (Å²) in [5.41, 5.74) is -4.38. The van der Waals surface area contributed by atoms with Crippen molar-refractivity contribution in [2.24, 2.45) is 0 Å². The van der Waals surface area contributed by atoms with Gasteiger partial charge in [-0.05, 0) is 71.1 Å². The van der Waals surface area contributed by atoms with Crippen LogP contribution < -0.4 is 5.32 Å². The van der Waals surface area contributed by atoms with Crippen LogP contribution in [-0.4, -0.2) is 23.5 Å². The van der Waals surface area contributed by atoms with Crippen LogP contribution in [0.3, 0.4) is 0 Å². The van der Waals surface area contributed by atoms with E-state index in [9.17, 15) is 43.9 Å². The highest BCUT2D eigenvalue weighted by atomic mass is 127. The van der Waals surface area contributed by atoms with Gasteiger partial charge in [0.1, 0.15) is 5.82 Å². The number of benzene rings is 3. The predicted molar refractivity (Wildman–Crippen MR) is 126 cm³/mol. The van der Waals surface area contributed by atoms with Gasteiger partial charge in [-0.15, -0.1) is 0 Å². The molecule has 194 valence electrons. The third-order valence-corrected chi connectivity index (χ3v) is 7.65. The second-order valence-corrected chi connectivity index (χ2v) is 10.4. The SMILES string of the molecule is O=C(Nc1ccc2cnn(S(=O)(=O)c3ccc(I)c(C(F)(F)F)c3)c2c1)c1c(F)cccc1C(F)(F)F. The molecule has 0 spiro atoms. The van der Waals surface area contributed by atoms with Gasteiger partial charge < -0.3 is 5.32 Å². The fourth-order valence-electron chi connectivity index (χ4n) is 3.43. The van der Waals surface area contributed by atoms with Crippen molar-refractivity contribution in [3.05, 3.63) is 86.9 Å². The van der Waals surface area contributed by atoms with E-state index in [1.165, 1.54) is 34.7 Å². The van der Waals surface area contributed by atoms with E-state index in [2.05, 4.69) is 10.4 Å². The summed E-state index contributed by atoms with van der Waals surface area (Å²) < 4.78 is 120. The molecule has 4 aromatic rings. The lowest BCUT2D eigenvalue weighted by Gasteiger charge is -2.14. The Labute approximate surface area is 217 Å². The second-order valence-electron chi connectivity index (χ2n) is 7.52. The summed E-state index contributed by atoms with van der Waals surface area (Å²) >= 11 is 1.41. The first kappa shape index (κ1) is 26.8. The largest absolute Gasteiger partial charge is 0.417 e. The zero-order chi connectivity index (χ0) is 27.3. The Hall–Kier alpha value is -3.21. The number of alkyl halides is 6. The van der Waals surface area contributed by atoms with Crippen molar-refractivity contribution >= 4 is 55.1 Å². The maximum atomic E-state index is 14.2. The number of hydrogen-bond donors (Lipinski definition) is 1. The topological polar surface area (TPSA) is 81.1 Å². The van der Waals surface area contributed by atoms with Gasteiger partial charge in [0, 0.05) is 14.6 Å². The summed E-state index contributed by atoms with van der Waals surface area (Å²) in [6.07, 6.45) is -8.77. The number of amides is 1. The van der Waals surface area contributed by atoms with Crippen LogP contribution >= 0.6 is 22.6 Å². The van der Waals surface area contributed by atoms with E-state index >= 15 is 0 Å². The molecule has 0 radical (unpaired) electrons. The van der Waals surface area contributed by atoms with Crippen LogP contribution in [0.25, 0.3) is 10.9 Å². The summed E-state index contributed by atoms with van der Waals surface area (Å²) in [5.74, 6) is -2.88. The lowest BCUT2D eigenvalue weighted by molar-refractivity contribution is -0.139. The quantitative estimate of drug-likeness (QED) is 0.206. The fraction of sp³-hybridized carbons (Fsp3) is 0.0909. The Morgan fingerprint density at radius 2 is 1.59 bits per heavy atom. The van der Waals surface area contributed by atoms with Crippen LogP contribution in [0.1, 0.15) is 21.5 Å². The number of halogens is 8. The highest BCUT2D eigenvalue weighted by molar-refractivity contribution is 14.1. The Balaban J connectivity index is 1.76. The maximum Gasteiger partial charge on any atom is 0.417 e. The third kappa shape index (κ3) is 5.14. The number of nitrogens with one attached hydrogen (secondary N) is 1. The molecule has 1 heterocycles. The van der Waals surface area contributed by atoms with Crippen molar-refractivity contribution in [3.63, 3.8) is 0 Å². The first-order valence-electron chi connectivity index (χ1n) is 9.88. The monoisotopic (exact) mass is 657 g/mol. The van der Waals surface area contributed by atoms with Gasteiger partial charge in [0.05, 0.1) is 33.3 Å². The molecule has 0 unspecified atom stereocenters. The van der Waals surface area contributed by atoms with Crippen molar-refractivity contribution < 1.29 is 43.9 Å². The van der Waals surface area contributed by atoms with Crippen LogP contribution in [0.2, 0.25) is 0 Å². The molecule has 0 aliphatic carbocycles. The van der Waals surface area contributed by atoms with Crippen molar-refractivity contribution in [1.29, 1.82) is 0 Å². The number of anilines is 1. The van der Waals surface area contributed by atoms with Crippen LogP contribution in [0.4, 0.5) is 36.4 Å². The molecule has 0 atom stereocenters. The number of carbonyl (C=O) groups is 1. The Kier molecular flexibility index (Phi) is 6.72. The molecule has 0 aliphatic heterocycles. The summed E-state index contributed by atoms with van der Waals surface area (Å²) in [5, 5.41) is 5.99. The van der Waals surface area contributed by atoms with Gasteiger partial charge in [-0.1, -0.05) is 6.07 Å².